The van der Waals surface area contributed by atoms with Gasteiger partial charge in [-0.05, 0) is 33.3 Å². The molecule has 0 amide bonds. The molecular formula is C11H16F2N2S. The van der Waals surface area contributed by atoms with Gasteiger partial charge in [0.15, 0.2) is 5.16 Å². The molecular weight excluding hydrogens is 230 g/mol. The molecule has 0 spiro atoms. The van der Waals surface area contributed by atoms with Crippen LogP contribution in [0.25, 0.3) is 0 Å². The molecule has 16 heavy (non-hydrogen) atoms. The molecule has 5 heteroatoms. The lowest BCUT2D eigenvalue weighted by Gasteiger charge is -2.05. The van der Waals surface area contributed by atoms with Crippen molar-refractivity contribution in [3.05, 3.63) is 23.5 Å². The molecule has 0 aliphatic heterocycles. The number of nitrogens with zero attached hydrogens (tertiary/aromatic N) is 2. The van der Waals surface area contributed by atoms with Crippen LogP contribution in [0.3, 0.4) is 0 Å². The van der Waals surface area contributed by atoms with E-state index in [0.29, 0.717) is 12.2 Å². The third-order valence-electron chi connectivity index (χ3n) is 2.39. The van der Waals surface area contributed by atoms with Gasteiger partial charge in [-0.25, -0.2) is 4.98 Å². The number of thioether (sulfide) groups is 1. The number of aryl methyl sites for hydroxylation is 1. The molecule has 0 saturated carbocycles. The highest BCUT2D eigenvalue weighted by Gasteiger charge is 2.09. The molecule has 1 rings (SSSR count). The molecule has 0 unspecified atom stereocenters. The van der Waals surface area contributed by atoms with Crippen molar-refractivity contribution in [2.45, 2.75) is 38.9 Å². The van der Waals surface area contributed by atoms with E-state index in [0.717, 1.165) is 29.2 Å². The fraction of sp³-hybridized carbons (Fsp3) is 0.545. The fourth-order valence-corrected chi connectivity index (χ4v) is 2.47. The lowest BCUT2D eigenvalue weighted by molar-refractivity contribution is 0.418. The summed E-state index contributed by atoms with van der Waals surface area (Å²) in [7, 11) is 0. The maximum Gasteiger partial charge on any atom is 0.266 e. The van der Waals surface area contributed by atoms with E-state index in [4.69, 9.17) is 0 Å². The standard InChI is InChI=1S/C11H16F2N2S/c1-4-15-9(3)8(2)14-11(15)16-7-5-6-10(12)13/h6H,4-5,7H2,1-3H3. The number of aromatic nitrogens is 2. The van der Waals surface area contributed by atoms with Gasteiger partial charge in [0.25, 0.3) is 6.08 Å². The lowest BCUT2D eigenvalue weighted by atomic mass is 10.4. The summed E-state index contributed by atoms with van der Waals surface area (Å²) in [5.41, 5.74) is 2.16. The first kappa shape index (κ1) is 13.2. The van der Waals surface area contributed by atoms with Crippen molar-refractivity contribution in [1.29, 1.82) is 0 Å². The topological polar surface area (TPSA) is 17.8 Å². The van der Waals surface area contributed by atoms with Crippen LogP contribution in [0.2, 0.25) is 0 Å². The van der Waals surface area contributed by atoms with Crippen LogP contribution in [-0.2, 0) is 6.54 Å². The zero-order valence-electron chi connectivity index (χ0n) is 9.76. The Morgan fingerprint density at radius 2 is 2.12 bits per heavy atom. The SMILES string of the molecule is CCn1c(SCCC=C(F)F)nc(C)c1C. The zero-order chi connectivity index (χ0) is 12.1. The summed E-state index contributed by atoms with van der Waals surface area (Å²) >= 11 is 1.52. The highest BCUT2D eigenvalue weighted by molar-refractivity contribution is 7.99. The van der Waals surface area contributed by atoms with Crippen molar-refractivity contribution in [1.82, 2.24) is 9.55 Å². The largest absolute Gasteiger partial charge is 0.323 e. The second kappa shape index (κ2) is 6.03. The number of halogens is 2. The molecule has 0 aromatic carbocycles. The van der Waals surface area contributed by atoms with Gasteiger partial charge in [0.05, 0.1) is 5.69 Å². The maximum absolute atomic E-state index is 11.8. The Kier molecular flexibility index (Phi) is 4.99. The van der Waals surface area contributed by atoms with Crippen molar-refractivity contribution in [2.24, 2.45) is 0 Å². The van der Waals surface area contributed by atoms with Crippen LogP contribution in [0.1, 0.15) is 24.7 Å². The Balaban J connectivity index is 2.60. The van der Waals surface area contributed by atoms with Crippen molar-refractivity contribution in [2.75, 3.05) is 5.75 Å². The van der Waals surface area contributed by atoms with Gasteiger partial charge in [-0.15, -0.1) is 0 Å². The third-order valence-corrected chi connectivity index (χ3v) is 3.40. The molecule has 0 fully saturated rings. The summed E-state index contributed by atoms with van der Waals surface area (Å²) in [6.45, 7) is 6.91. The fourth-order valence-electron chi connectivity index (χ4n) is 1.42. The van der Waals surface area contributed by atoms with E-state index in [2.05, 4.69) is 16.5 Å². The molecule has 0 bridgehead atoms. The van der Waals surface area contributed by atoms with Gasteiger partial charge in [-0.2, -0.15) is 8.78 Å². The van der Waals surface area contributed by atoms with Crippen LogP contribution < -0.4 is 0 Å². The highest BCUT2D eigenvalue weighted by Crippen LogP contribution is 2.21. The second-order valence-electron chi connectivity index (χ2n) is 3.44. The molecule has 1 aromatic heterocycles. The number of rotatable bonds is 5. The van der Waals surface area contributed by atoms with Crippen LogP contribution in [0.15, 0.2) is 17.3 Å². The molecule has 0 atom stereocenters. The van der Waals surface area contributed by atoms with Crippen molar-refractivity contribution < 1.29 is 8.78 Å². The molecule has 1 heterocycles. The minimum absolute atomic E-state index is 0.377. The Bertz CT molecular complexity index is 382. The van der Waals surface area contributed by atoms with E-state index in [1.807, 2.05) is 13.8 Å². The third kappa shape index (κ3) is 3.33. The summed E-state index contributed by atoms with van der Waals surface area (Å²) in [5.74, 6) is 0.632. The van der Waals surface area contributed by atoms with E-state index >= 15 is 0 Å². The lowest BCUT2D eigenvalue weighted by Crippen LogP contribution is -1.99. The second-order valence-corrected chi connectivity index (χ2v) is 4.50. The van der Waals surface area contributed by atoms with Crippen molar-refractivity contribution >= 4 is 11.8 Å². The first-order valence-electron chi connectivity index (χ1n) is 5.24. The molecule has 1 aromatic rings. The van der Waals surface area contributed by atoms with Gasteiger partial charge in [0.2, 0.25) is 0 Å². The van der Waals surface area contributed by atoms with Crippen molar-refractivity contribution in [3.8, 4) is 0 Å². The summed E-state index contributed by atoms with van der Waals surface area (Å²) in [6, 6.07) is 0. The van der Waals surface area contributed by atoms with Gasteiger partial charge in [0.1, 0.15) is 0 Å². The molecule has 2 nitrogen and oxygen atoms in total. The Hall–Kier alpha value is -0.840. The summed E-state index contributed by atoms with van der Waals surface area (Å²) in [4.78, 5) is 4.42. The molecule has 0 N–H and O–H groups in total. The Labute approximate surface area is 98.8 Å². The predicted octanol–water partition coefficient (Wildman–Crippen LogP) is 3.78. The van der Waals surface area contributed by atoms with Crippen LogP contribution in [-0.4, -0.2) is 15.3 Å². The molecule has 0 radical (unpaired) electrons. The number of imidazole rings is 1. The number of hydrogen-bond donors (Lipinski definition) is 0. The van der Waals surface area contributed by atoms with Gasteiger partial charge < -0.3 is 4.57 Å². The van der Waals surface area contributed by atoms with Crippen molar-refractivity contribution in [3.63, 3.8) is 0 Å². The van der Waals surface area contributed by atoms with E-state index in [9.17, 15) is 8.78 Å². The summed E-state index contributed by atoms with van der Waals surface area (Å²) < 4.78 is 25.7. The van der Waals surface area contributed by atoms with E-state index in [1.165, 1.54) is 11.8 Å². The smallest absolute Gasteiger partial charge is 0.266 e. The van der Waals surface area contributed by atoms with Gasteiger partial charge >= 0.3 is 0 Å². The molecule has 0 saturated heterocycles. The minimum atomic E-state index is -1.60. The van der Waals surface area contributed by atoms with Crippen LogP contribution in [0, 0.1) is 13.8 Å². The van der Waals surface area contributed by atoms with Crippen LogP contribution in [0.5, 0.6) is 0 Å². The highest BCUT2D eigenvalue weighted by atomic mass is 32.2. The summed E-state index contributed by atoms with van der Waals surface area (Å²) in [5, 5.41) is 0.921. The van der Waals surface area contributed by atoms with E-state index in [-0.39, 0.29) is 0 Å². The van der Waals surface area contributed by atoms with E-state index < -0.39 is 6.08 Å². The monoisotopic (exact) mass is 246 g/mol. The average molecular weight is 246 g/mol. The maximum atomic E-state index is 11.8. The zero-order valence-corrected chi connectivity index (χ0v) is 10.6. The van der Waals surface area contributed by atoms with Crippen LogP contribution in [0.4, 0.5) is 8.78 Å². The minimum Gasteiger partial charge on any atom is -0.323 e. The first-order valence-corrected chi connectivity index (χ1v) is 6.22. The first-order chi connectivity index (χ1) is 7.56. The quantitative estimate of drug-likeness (QED) is 0.581. The molecule has 90 valence electrons. The molecule has 0 aliphatic carbocycles. The summed E-state index contributed by atoms with van der Waals surface area (Å²) in [6.07, 6.45) is -0.278. The van der Waals surface area contributed by atoms with E-state index in [1.54, 1.807) is 0 Å². The Morgan fingerprint density at radius 1 is 1.44 bits per heavy atom. The molecule has 0 aliphatic rings. The van der Waals surface area contributed by atoms with Crippen LogP contribution >= 0.6 is 11.8 Å². The normalized spacial score (nSPS) is 10.6. The number of allylic oxidation sites excluding steroid dienone is 1. The average Bonchev–Trinajstić information content (AvgIpc) is 2.49. The Morgan fingerprint density at radius 3 is 2.69 bits per heavy atom. The van der Waals surface area contributed by atoms with Gasteiger partial charge in [-0.1, -0.05) is 11.8 Å². The van der Waals surface area contributed by atoms with Gasteiger partial charge in [0, 0.05) is 18.0 Å². The number of hydrogen-bond acceptors (Lipinski definition) is 2. The predicted molar refractivity (Wildman–Crippen MR) is 63.0 cm³/mol. The van der Waals surface area contributed by atoms with Gasteiger partial charge in [-0.3, -0.25) is 0 Å².